The summed E-state index contributed by atoms with van der Waals surface area (Å²) >= 11 is 0. The summed E-state index contributed by atoms with van der Waals surface area (Å²) in [5.74, 6) is 0.00323. The molecule has 1 aromatic heterocycles. The lowest BCUT2D eigenvalue weighted by Crippen LogP contribution is -2.43. The van der Waals surface area contributed by atoms with Crippen molar-refractivity contribution >= 4 is 10.0 Å². The number of sulfonamides is 1. The minimum Gasteiger partial charge on any atom is -0.384 e. The number of rotatable bonds is 5. The van der Waals surface area contributed by atoms with E-state index < -0.39 is 10.0 Å². The van der Waals surface area contributed by atoms with Gasteiger partial charge in [-0.05, 0) is 0 Å². The molecule has 0 amide bonds. The second kappa shape index (κ2) is 6.00. The fourth-order valence-corrected chi connectivity index (χ4v) is 3.35. The maximum Gasteiger partial charge on any atom is 0.216 e. The Kier molecular flexibility index (Phi) is 4.56. The maximum atomic E-state index is 12.1. The molecule has 0 spiro atoms. The first kappa shape index (κ1) is 14.4. The Morgan fingerprint density at radius 2 is 2.37 bits per heavy atom. The molecule has 1 aromatic rings. The summed E-state index contributed by atoms with van der Waals surface area (Å²) in [6, 6.07) is 0. The van der Waals surface area contributed by atoms with E-state index in [1.54, 1.807) is 10.9 Å². The van der Waals surface area contributed by atoms with Crippen LogP contribution in [0.2, 0.25) is 0 Å². The van der Waals surface area contributed by atoms with E-state index in [1.807, 2.05) is 13.2 Å². The molecule has 0 unspecified atom stereocenters. The molecule has 19 heavy (non-hydrogen) atoms. The van der Waals surface area contributed by atoms with E-state index in [1.165, 1.54) is 11.4 Å². The molecule has 0 N–H and O–H groups in total. The molecule has 2 rings (SSSR count). The zero-order valence-corrected chi connectivity index (χ0v) is 12.0. The number of ether oxygens (including phenoxy) is 2. The van der Waals surface area contributed by atoms with Crippen molar-refractivity contribution < 1.29 is 17.9 Å². The summed E-state index contributed by atoms with van der Waals surface area (Å²) in [4.78, 5) is 0. The molecule has 0 radical (unpaired) electrons. The highest BCUT2D eigenvalue weighted by Crippen LogP contribution is 2.23. The Morgan fingerprint density at radius 1 is 1.58 bits per heavy atom. The van der Waals surface area contributed by atoms with Gasteiger partial charge in [0.1, 0.15) is 0 Å². The van der Waals surface area contributed by atoms with E-state index in [0.29, 0.717) is 19.7 Å². The Morgan fingerprint density at radius 3 is 3.00 bits per heavy atom. The summed E-state index contributed by atoms with van der Waals surface area (Å²) in [5.41, 5.74) is 0.897. The van der Waals surface area contributed by atoms with E-state index in [4.69, 9.17) is 9.47 Å². The first-order valence-corrected chi connectivity index (χ1v) is 7.71. The zero-order valence-electron chi connectivity index (χ0n) is 11.2. The van der Waals surface area contributed by atoms with E-state index in [-0.39, 0.29) is 18.5 Å². The summed E-state index contributed by atoms with van der Waals surface area (Å²) < 4.78 is 37.8. The van der Waals surface area contributed by atoms with Gasteiger partial charge in [-0.3, -0.25) is 4.68 Å². The van der Waals surface area contributed by atoms with Gasteiger partial charge in [-0.15, -0.1) is 0 Å². The van der Waals surface area contributed by atoms with Crippen LogP contribution in [-0.2, 0) is 26.5 Å². The van der Waals surface area contributed by atoms with Gasteiger partial charge in [0.15, 0.2) is 0 Å². The highest BCUT2D eigenvalue weighted by molar-refractivity contribution is 7.89. The molecule has 0 bridgehead atoms. The number of aryl methyl sites for hydroxylation is 1. The molecular weight excluding hydrogens is 270 g/mol. The third-order valence-corrected chi connectivity index (χ3v) is 4.87. The van der Waals surface area contributed by atoms with Crippen molar-refractivity contribution in [3.8, 4) is 0 Å². The first-order chi connectivity index (χ1) is 9.03. The van der Waals surface area contributed by atoms with Crippen molar-refractivity contribution in [2.75, 3.05) is 39.2 Å². The lowest BCUT2D eigenvalue weighted by Gasteiger charge is -2.31. The van der Waals surface area contributed by atoms with Crippen molar-refractivity contribution in [2.45, 2.75) is 6.10 Å². The van der Waals surface area contributed by atoms with E-state index in [0.717, 1.165) is 5.56 Å². The van der Waals surface area contributed by atoms with E-state index >= 15 is 0 Å². The molecule has 2 heterocycles. The second-order valence-electron chi connectivity index (χ2n) is 4.47. The molecule has 1 fully saturated rings. The molecule has 108 valence electrons. The zero-order chi connectivity index (χ0) is 13.9. The van der Waals surface area contributed by atoms with Gasteiger partial charge in [0.2, 0.25) is 10.0 Å². The van der Waals surface area contributed by atoms with Crippen molar-refractivity contribution in [3.63, 3.8) is 0 Å². The fourth-order valence-electron chi connectivity index (χ4n) is 2.00. The maximum absolute atomic E-state index is 12.1. The van der Waals surface area contributed by atoms with Gasteiger partial charge >= 0.3 is 0 Å². The number of nitrogens with zero attached hydrogens (tertiary/aromatic N) is 3. The monoisotopic (exact) mass is 289 g/mol. The Labute approximate surface area is 113 Å². The van der Waals surface area contributed by atoms with Crippen LogP contribution in [0.15, 0.2) is 12.4 Å². The topological polar surface area (TPSA) is 73.7 Å². The minimum absolute atomic E-state index is 0.00323. The highest BCUT2D eigenvalue weighted by atomic mass is 32.2. The number of hydrogen-bond donors (Lipinski definition) is 0. The first-order valence-electron chi connectivity index (χ1n) is 6.10. The summed E-state index contributed by atoms with van der Waals surface area (Å²) in [6.07, 6.45) is 3.30. The van der Waals surface area contributed by atoms with Gasteiger partial charge in [-0.2, -0.15) is 9.40 Å². The average molecular weight is 289 g/mol. The van der Waals surface area contributed by atoms with Crippen LogP contribution in [-0.4, -0.2) is 61.7 Å². The number of aromatic nitrogens is 2. The standard InChI is InChI=1S/C11H19N3O4S/c1-13-8-10(7-12-13)11-9-14(3-4-18-11)19(15,16)6-5-17-2/h7-8,11H,3-6,9H2,1-2H3/t11-/m0/s1. The van der Waals surface area contributed by atoms with Crippen LogP contribution in [0, 0.1) is 0 Å². The normalized spacial score (nSPS) is 21.7. The molecule has 1 saturated heterocycles. The number of methoxy groups -OCH3 is 1. The molecule has 0 aromatic carbocycles. The lowest BCUT2D eigenvalue weighted by atomic mass is 10.2. The van der Waals surface area contributed by atoms with Crippen LogP contribution < -0.4 is 0 Å². The molecule has 8 heteroatoms. The van der Waals surface area contributed by atoms with Gasteiger partial charge in [-0.25, -0.2) is 8.42 Å². The van der Waals surface area contributed by atoms with Gasteiger partial charge in [0.25, 0.3) is 0 Å². The van der Waals surface area contributed by atoms with Crippen LogP contribution in [0.1, 0.15) is 11.7 Å². The smallest absolute Gasteiger partial charge is 0.216 e. The van der Waals surface area contributed by atoms with Gasteiger partial charge in [-0.1, -0.05) is 0 Å². The summed E-state index contributed by atoms with van der Waals surface area (Å²) in [7, 11) is 0.0337. The van der Waals surface area contributed by atoms with Gasteiger partial charge in [0, 0.05) is 39.0 Å². The molecular formula is C11H19N3O4S. The van der Waals surface area contributed by atoms with Gasteiger partial charge < -0.3 is 9.47 Å². The number of morpholine rings is 1. The molecule has 1 aliphatic rings. The summed E-state index contributed by atoms with van der Waals surface area (Å²) in [6.45, 7) is 1.32. The average Bonchev–Trinajstić information content (AvgIpc) is 2.83. The van der Waals surface area contributed by atoms with Gasteiger partial charge in [0.05, 0.1) is 31.3 Å². The van der Waals surface area contributed by atoms with Crippen LogP contribution in [0.25, 0.3) is 0 Å². The van der Waals surface area contributed by atoms with Crippen molar-refractivity contribution in [2.24, 2.45) is 7.05 Å². The molecule has 0 aliphatic carbocycles. The van der Waals surface area contributed by atoms with Crippen molar-refractivity contribution in [3.05, 3.63) is 18.0 Å². The Balaban J connectivity index is 2.05. The second-order valence-corrected chi connectivity index (χ2v) is 6.56. The van der Waals surface area contributed by atoms with E-state index in [9.17, 15) is 8.42 Å². The molecule has 1 atom stereocenters. The Hall–Kier alpha value is -0.960. The number of hydrogen-bond acceptors (Lipinski definition) is 5. The Bertz CT molecular complexity index is 514. The summed E-state index contributed by atoms with van der Waals surface area (Å²) in [5, 5.41) is 4.08. The quantitative estimate of drug-likeness (QED) is 0.748. The van der Waals surface area contributed by atoms with Crippen molar-refractivity contribution in [1.29, 1.82) is 0 Å². The molecule has 7 nitrogen and oxygen atoms in total. The predicted molar refractivity (Wildman–Crippen MR) is 69.1 cm³/mol. The molecule has 1 aliphatic heterocycles. The molecule has 0 saturated carbocycles. The van der Waals surface area contributed by atoms with Crippen molar-refractivity contribution in [1.82, 2.24) is 14.1 Å². The SMILES string of the molecule is COCCS(=O)(=O)N1CCO[C@H](c2cnn(C)c2)C1. The van der Waals surface area contributed by atoms with Crippen LogP contribution >= 0.6 is 0 Å². The minimum atomic E-state index is -3.28. The third kappa shape index (κ3) is 3.53. The predicted octanol–water partition coefficient (Wildman–Crippen LogP) is -0.230. The van der Waals surface area contributed by atoms with Crippen LogP contribution in [0.3, 0.4) is 0 Å². The third-order valence-electron chi connectivity index (χ3n) is 3.06. The van der Waals surface area contributed by atoms with Crippen LogP contribution in [0.4, 0.5) is 0 Å². The fraction of sp³-hybridized carbons (Fsp3) is 0.727. The van der Waals surface area contributed by atoms with Crippen LogP contribution in [0.5, 0.6) is 0 Å². The van der Waals surface area contributed by atoms with E-state index in [2.05, 4.69) is 5.10 Å². The lowest BCUT2D eigenvalue weighted by molar-refractivity contribution is -0.00272. The largest absolute Gasteiger partial charge is 0.384 e. The highest BCUT2D eigenvalue weighted by Gasteiger charge is 2.30.